The molecular formula is C21H21KO7S. The topological polar surface area (TPSA) is 110 Å². The first-order valence-electron chi connectivity index (χ1n) is 8.80. The van der Waals surface area contributed by atoms with Crippen molar-refractivity contribution in [2.45, 2.75) is 25.7 Å². The van der Waals surface area contributed by atoms with Crippen LogP contribution in [0.15, 0.2) is 47.4 Å². The van der Waals surface area contributed by atoms with E-state index in [9.17, 15) is 22.6 Å². The van der Waals surface area contributed by atoms with Crippen LogP contribution in [0.2, 0.25) is 0 Å². The van der Waals surface area contributed by atoms with E-state index in [1.807, 2.05) is 13.8 Å². The predicted molar refractivity (Wildman–Crippen MR) is 106 cm³/mol. The third-order valence-electron chi connectivity index (χ3n) is 3.66. The zero-order valence-electron chi connectivity index (χ0n) is 17.2. The van der Waals surface area contributed by atoms with Crippen LogP contribution in [0.25, 0.3) is 12.2 Å². The van der Waals surface area contributed by atoms with Crippen molar-refractivity contribution >= 4 is 34.2 Å². The van der Waals surface area contributed by atoms with Crippen LogP contribution >= 0.6 is 0 Å². The van der Waals surface area contributed by atoms with Gasteiger partial charge in [0.2, 0.25) is 0 Å². The number of hydrogen-bond acceptors (Lipinski definition) is 7. The molecule has 0 saturated heterocycles. The van der Waals surface area contributed by atoms with E-state index in [0.717, 1.165) is 0 Å². The Morgan fingerprint density at radius 3 is 2.13 bits per heavy atom. The standard InChI is InChI=1S/C21H22O7S.K/c1-14(2)13-27-21(23)19-12-17(8-11-20(19)28-15(3)22)5-4-16-6-9-18(10-7-16)29(24,25)26;/h4-12,14H,13H2,1-3H3,(H,24,25,26);/q;+1/p-1/b5-4+;. The Labute approximate surface area is 218 Å². The Bertz CT molecular complexity index is 1030. The molecule has 2 aromatic carbocycles. The van der Waals surface area contributed by atoms with Crippen molar-refractivity contribution in [3.63, 3.8) is 0 Å². The summed E-state index contributed by atoms with van der Waals surface area (Å²) in [6, 6.07) is 10.1. The summed E-state index contributed by atoms with van der Waals surface area (Å²) in [5.74, 6) is -0.900. The van der Waals surface area contributed by atoms with Crippen LogP contribution in [-0.2, 0) is 19.6 Å². The molecule has 0 aliphatic heterocycles. The molecule has 0 bridgehead atoms. The molecule has 2 aromatic rings. The Balaban J connectivity index is 0.00000450. The number of carbonyl (C=O) groups is 2. The van der Waals surface area contributed by atoms with Gasteiger partial charge < -0.3 is 14.0 Å². The van der Waals surface area contributed by atoms with Gasteiger partial charge in [-0.25, -0.2) is 13.2 Å². The summed E-state index contributed by atoms with van der Waals surface area (Å²) in [6.45, 7) is 5.28. The zero-order valence-corrected chi connectivity index (χ0v) is 21.2. The van der Waals surface area contributed by atoms with E-state index >= 15 is 0 Å². The van der Waals surface area contributed by atoms with Gasteiger partial charge in [0.1, 0.15) is 21.4 Å². The van der Waals surface area contributed by atoms with Crippen molar-refractivity contribution in [3.05, 3.63) is 59.2 Å². The molecule has 0 N–H and O–H groups in total. The van der Waals surface area contributed by atoms with Crippen LogP contribution in [0.3, 0.4) is 0 Å². The van der Waals surface area contributed by atoms with Crippen molar-refractivity contribution in [2.75, 3.05) is 6.61 Å². The number of benzene rings is 2. The Morgan fingerprint density at radius 2 is 1.60 bits per heavy atom. The van der Waals surface area contributed by atoms with Crippen LogP contribution in [0.1, 0.15) is 42.3 Å². The van der Waals surface area contributed by atoms with Gasteiger partial charge >= 0.3 is 63.3 Å². The second kappa shape index (κ2) is 11.9. The molecule has 0 saturated carbocycles. The molecule has 0 spiro atoms. The maximum atomic E-state index is 12.4. The molecule has 0 unspecified atom stereocenters. The maximum absolute atomic E-state index is 12.4. The minimum absolute atomic E-state index is 0. The van der Waals surface area contributed by atoms with E-state index < -0.39 is 22.1 Å². The molecule has 0 radical (unpaired) electrons. The van der Waals surface area contributed by atoms with Crippen molar-refractivity contribution in [3.8, 4) is 5.75 Å². The first kappa shape index (κ1) is 26.7. The molecule has 0 aliphatic carbocycles. The van der Waals surface area contributed by atoms with Crippen LogP contribution < -0.4 is 56.1 Å². The molecule has 0 atom stereocenters. The smallest absolute Gasteiger partial charge is 0.744 e. The first-order chi connectivity index (χ1) is 13.6. The van der Waals surface area contributed by atoms with E-state index in [-0.39, 0.29) is 80.1 Å². The van der Waals surface area contributed by atoms with Gasteiger partial charge in [0.25, 0.3) is 0 Å². The van der Waals surface area contributed by atoms with Gasteiger partial charge in [0, 0.05) is 6.92 Å². The van der Waals surface area contributed by atoms with Gasteiger partial charge in [-0.05, 0) is 41.3 Å². The van der Waals surface area contributed by atoms with Gasteiger partial charge in [0.15, 0.2) is 0 Å². The second-order valence-electron chi connectivity index (χ2n) is 6.70. The molecule has 30 heavy (non-hydrogen) atoms. The monoisotopic (exact) mass is 456 g/mol. The number of esters is 2. The summed E-state index contributed by atoms with van der Waals surface area (Å²) < 4.78 is 43.2. The van der Waals surface area contributed by atoms with Crippen LogP contribution in [0.4, 0.5) is 0 Å². The number of hydrogen-bond donors (Lipinski definition) is 0. The van der Waals surface area contributed by atoms with Crippen molar-refractivity contribution < 1.29 is 83.4 Å². The van der Waals surface area contributed by atoms with Crippen LogP contribution in [0, 0.1) is 5.92 Å². The number of rotatable bonds is 7. The second-order valence-corrected chi connectivity index (χ2v) is 8.08. The van der Waals surface area contributed by atoms with Gasteiger partial charge in [0.05, 0.1) is 11.5 Å². The van der Waals surface area contributed by atoms with Crippen molar-refractivity contribution in [2.24, 2.45) is 5.92 Å². The minimum Gasteiger partial charge on any atom is -0.744 e. The third-order valence-corrected chi connectivity index (χ3v) is 4.51. The summed E-state index contributed by atoms with van der Waals surface area (Å²) in [4.78, 5) is 23.4. The fourth-order valence-electron chi connectivity index (χ4n) is 2.31. The van der Waals surface area contributed by atoms with Crippen LogP contribution in [-0.4, -0.2) is 31.5 Å². The molecule has 0 heterocycles. The van der Waals surface area contributed by atoms with Crippen LogP contribution in [0.5, 0.6) is 5.75 Å². The van der Waals surface area contributed by atoms with Crippen molar-refractivity contribution in [1.82, 2.24) is 0 Å². The molecule has 7 nitrogen and oxygen atoms in total. The average molecular weight is 457 g/mol. The van der Waals surface area contributed by atoms with Crippen molar-refractivity contribution in [1.29, 1.82) is 0 Å². The number of ether oxygens (including phenoxy) is 2. The van der Waals surface area contributed by atoms with E-state index in [0.29, 0.717) is 11.1 Å². The first-order valence-corrected chi connectivity index (χ1v) is 10.2. The average Bonchev–Trinajstić information content (AvgIpc) is 2.64. The normalized spacial score (nSPS) is 11.2. The fourth-order valence-corrected chi connectivity index (χ4v) is 2.78. The summed E-state index contributed by atoms with van der Waals surface area (Å²) in [7, 11) is -4.50. The Hall–Kier alpha value is -1.33. The molecular weight excluding hydrogens is 435 g/mol. The SMILES string of the molecule is CC(=O)Oc1ccc(/C=C/c2ccc(S(=O)(=O)[O-])cc2)cc1C(=O)OCC(C)C.[K+]. The summed E-state index contributed by atoms with van der Waals surface area (Å²) >= 11 is 0. The van der Waals surface area contributed by atoms with Gasteiger partial charge in [-0.3, -0.25) is 4.79 Å². The molecule has 9 heteroatoms. The third kappa shape index (κ3) is 8.42. The molecule has 0 aliphatic rings. The van der Waals surface area contributed by atoms with Gasteiger partial charge in [-0.2, -0.15) is 0 Å². The quantitative estimate of drug-likeness (QED) is 0.196. The molecule has 0 aromatic heterocycles. The Kier molecular flexibility index (Phi) is 10.6. The zero-order chi connectivity index (χ0) is 21.6. The summed E-state index contributed by atoms with van der Waals surface area (Å²) in [6.07, 6.45) is 3.38. The largest absolute Gasteiger partial charge is 1.00 e. The Morgan fingerprint density at radius 1 is 1.03 bits per heavy atom. The number of carbonyl (C=O) groups excluding carboxylic acids is 2. The summed E-state index contributed by atoms with van der Waals surface area (Å²) in [5.41, 5.74) is 1.42. The maximum Gasteiger partial charge on any atom is 1.00 e. The molecule has 0 fully saturated rings. The minimum atomic E-state index is -4.50. The summed E-state index contributed by atoms with van der Waals surface area (Å²) in [5, 5.41) is 0. The van der Waals surface area contributed by atoms with E-state index in [1.165, 1.54) is 43.3 Å². The van der Waals surface area contributed by atoms with E-state index in [2.05, 4.69) is 0 Å². The fraction of sp³-hybridized carbons (Fsp3) is 0.238. The van der Waals surface area contributed by atoms with E-state index in [4.69, 9.17) is 9.47 Å². The van der Waals surface area contributed by atoms with Gasteiger partial charge in [-0.1, -0.05) is 44.2 Å². The van der Waals surface area contributed by atoms with E-state index in [1.54, 1.807) is 18.2 Å². The molecule has 154 valence electrons. The molecule has 2 rings (SSSR count). The van der Waals surface area contributed by atoms with Gasteiger partial charge in [-0.15, -0.1) is 0 Å². The predicted octanol–water partition coefficient (Wildman–Crippen LogP) is 0.503. The molecule has 0 amide bonds.